The Hall–Kier alpha value is -0.0400. The van der Waals surface area contributed by atoms with Gasteiger partial charge in [-0.05, 0) is 49.0 Å². The quantitative estimate of drug-likeness (QED) is 0.763. The lowest BCUT2D eigenvalue weighted by Crippen LogP contribution is -2.56. The van der Waals surface area contributed by atoms with Crippen LogP contribution in [-0.2, 0) is 0 Å². The second-order valence-corrected chi connectivity index (χ2v) is 6.43. The summed E-state index contributed by atoms with van der Waals surface area (Å²) in [7, 11) is 0. The van der Waals surface area contributed by atoms with Crippen molar-refractivity contribution in [3.63, 3.8) is 0 Å². The molecular weight excluding hydrogens is 194 g/mol. The van der Waals surface area contributed by atoms with Crippen molar-refractivity contribution in [3.8, 4) is 0 Å². The van der Waals surface area contributed by atoms with Gasteiger partial charge >= 0.3 is 0 Å². The summed E-state index contributed by atoms with van der Waals surface area (Å²) in [6, 6.07) is 0.804. The fraction of sp³-hybridized carbons (Fsp3) is 1.00. The summed E-state index contributed by atoms with van der Waals surface area (Å²) in [5.41, 5.74) is 0.590. The van der Waals surface area contributed by atoms with Gasteiger partial charge in [0, 0.05) is 6.04 Å². The maximum atomic E-state index is 3.83. The molecule has 1 heterocycles. The summed E-state index contributed by atoms with van der Waals surface area (Å²) in [5.74, 6) is 2.83. The van der Waals surface area contributed by atoms with Crippen molar-refractivity contribution in [2.24, 2.45) is 23.2 Å². The van der Waals surface area contributed by atoms with Gasteiger partial charge in [-0.3, -0.25) is 0 Å². The second kappa shape index (κ2) is 4.68. The molecule has 16 heavy (non-hydrogen) atoms. The van der Waals surface area contributed by atoms with Crippen molar-refractivity contribution < 1.29 is 0 Å². The van der Waals surface area contributed by atoms with Crippen LogP contribution < -0.4 is 5.32 Å². The lowest BCUT2D eigenvalue weighted by molar-refractivity contribution is 0.00894. The first-order chi connectivity index (χ1) is 7.63. The molecule has 0 bridgehead atoms. The molecule has 94 valence electrons. The maximum Gasteiger partial charge on any atom is 0.0103 e. The molecule has 1 saturated heterocycles. The van der Waals surface area contributed by atoms with Crippen molar-refractivity contribution in [2.45, 2.75) is 65.8 Å². The van der Waals surface area contributed by atoms with E-state index in [4.69, 9.17) is 0 Å². The molecule has 3 unspecified atom stereocenters. The van der Waals surface area contributed by atoms with E-state index in [2.05, 4.69) is 33.0 Å². The number of piperidine rings is 1. The Morgan fingerprint density at radius 1 is 1.25 bits per heavy atom. The van der Waals surface area contributed by atoms with Crippen LogP contribution >= 0.6 is 0 Å². The highest BCUT2D eigenvalue weighted by molar-refractivity contribution is 5.03. The predicted molar refractivity (Wildman–Crippen MR) is 70.5 cm³/mol. The van der Waals surface area contributed by atoms with Gasteiger partial charge in [-0.1, -0.05) is 40.5 Å². The molecule has 0 amide bonds. The van der Waals surface area contributed by atoms with Crippen molar-refractivity contribution >= 4 is 0 Å². The Morgan fingerprint density at radius 3 is 2.44 bits per heavy atom. The highest BCUT2D eigenvalue weighted by atomic mass is 15.0. The Bertz CT molecular complexity index is 234. The minimum atomic E-state index is 0.590. The Kier molecular flexibility index (Phi) is 3.63. The largest absolute Gasteiger partial charge is 0.313 e. The van der Waals surface area contributed by atoms with Gasteiger partial charge in [0.05, 0.1) is 0 Å². The molecular formula is C15H29N. The molecule has 0 aromatic carbocycles. The minimum absolute atomic E-state index is 0.590. The van der Waals surface area contributed by atoms with E-state index >= 15 is 0 Å². The van der Waals surface area contributed by atoms with Crippen molar-refractivity contribution in [1.82, 2.24) is 5.32 Å². The molecule has 1 N–H and O–H groups in total. The Balaban J connectivity index is 2.17. The normalized spacial score (nSPS) is 44.6. The molecule has 2 aliphatic rings. The molecule has 0 aromatic rings. The summed E-state index contributed by atoms with van der Waals surface area (Å²) in [5, 5.41) is 3.83. The standard InChI is InChI=1S/C15H29N/c1-5-7-13-14(12-8-9-12)15(4,6-2)11(3)10-16-13/h11-14,16H,5-10H2,1-4H3/t11?,13?,14?,15-/m0/s1. The van der Waals surface area contributed by atoms with E-state index in [0.717, 1.165) is 23.8 Å². The second-order valence-electron chi connectivity index (χ2n) is 6.43. The Labute approximate surface area is 101 Å². The number of hydrogen-bond donors (Lipinski definition) is 1. The third-order valence-corrected chi connectivity index (χ3v) is 5.50. The zero-order chi connectivity index (χ0) is 11.8. The summed E-state index contributed by atoms with van der Waals surface area (Å²) >= 11 is 0. The third kappa shape index (κ3) is 2.03. The molecule has 1 heteroatoms. The van der Waals surface area contributed by atoms with Gasteiger partial charge in [0.25, 0.3) is 0 Å². The minimum Gasteiger partial charge on any atom is -0.313 e. The fourth-order valence-electron chi connectivity index (χ4n) is 3.98. The van der Waals surface area contributed by atoms with Gasteiger partial charge in [0.2, 0.25) is 0 Å². The summed E-state index contributed by atoms with van der Waals surface area (Å²) in [4.78, 5) is 0. The number of hydrogen-bond acceptors (Lipinski definition) is 1. The molecule has 2 fully saturated rings. The van der Waals surface area contributed by atoms with Crippen LogP contribution in [0.1, 0.15) is 59.8 Å². The summed E-state index contributed by atoms with van der Waals surface area (Å²) < 4.78 is 0. The van der Waals surface area contributed by atoms with Crippen LogP contribution in [0.5, 0.6) is 0 Å². The highest BCUT2D eigenvalue weighted by Gasteiger charge is 2.50. The molecule has 1 nitrogen and oxygen atoms in total. The summed E-state index contributed by atoms with van der Waals surface area (Å²) in [6.07, 6.45) is 7.06. The molecule has 0 aromatic heterocycles. The van der Waals surface area contributed by atoms with Crippen LogP contribution in [0.2, 0.25) is 0 Å². The smallest absolute Gasteiger partial charge is 0.0103 e. The van der Waals surface area contributed by atoms with E-state index in [0.29, 0.717) is 5.41 Å². The van der Waals surface area contributed by atoms with Crippen molar-refractivity contribution in [1.29, 1.82) is 0 Å². The first-order valence-corrected chi connectivity index (χ1v) is 7.36. The molecule has 0 radical (unpaired) electrons. The van der Waals surface area contributed by atoms with Gasteiger partial charge in [-0.15, -0.1) is 0 Å². The van der Waals surface area contributed by atoms with Crippen LogP contribution in [0, 0.1) is 23.2 Å². The Morgan fingerprint density at radius 2 is 1.94 bits per heavy atom. The van der Waals surface area contributed by atoms with E-state index in [1.165, 1.54) is 38.6 Å². The van der Waals surface area contributed by atoms with Gasteiger partial charge in [0.1, 0.15) is 0 Å². The third-order valence-electron chi connectivity index (χ3n) is 5.50. The number of rotatable bonds is 4. The first kappa shape index (κ1) is 12.4. The molecule has 2 rings (SSSR count). The molecule has 1 aliphatic carbocycles. The van der Waals surface area contributed by atoms with E-state index < -0.39 is 0 Å². The van der Waals surface area contributed by atoms with Gasteiger partial charge in [-0.25, -0.2) is 0 Å². The summed E-state index contributed by atoms with van der Waals surface area (Å²) in [6.45, 7) is 11.0. The molecule has 1 saturated carbocycles. The zero-order valence-electron chi connectivity index (χ0n) is 11.6. The maximum absolute atomic E-state index is 3.83. The topological polar surface area (TPSA) is 12.0 Å². The molecule has 4 atom stereocenters. The van der Waals surface area contributed by atoms with Gasteiger partial charge < -0.3 is 5.32 Å². The average Bonchev–Trinajstić information content (AvgIpc) is 3.08. The van der Waals surface area contributed by atoms with Crippen LogP contribution in [0.25, 0.3) is 0 Å². The zero-order valence-corrected chi connectivity index (χ0v) is 11.6. The lowest BCUT2D eigenvalue weighted by Gasteiger charge is -2.51. The van der Waals surface area contributed by atoms with Gasteiger partial charge in [0.15, 0.2) is 0 Å². The molecule has 0 spiro atoms. The monoisotopic (exact) mass is 223 g/mol. The van der Waals surface area contributed by atoms with E-state index in [1.54, 1.807) is 0 Å². The van der Waals surface area contributed by atoms with Gasteiger partial charge in [-0.2, -0.15) is 0 Å². The van der Waals surface area contributed by atoms with Crippen LogP contribution in [0.15, 0.2) is 0 Å². The van der Waals surface area contributed by atoms with Crippen LogP contribution in [-0.4, -0.2) is 12.6 Å². The number of nitrogens with one attached hydrogen (secondary N) is 1. The van der Waals surface area contributed by atoms with Crippen LogP contribution in [0.4, 0.5) is 0 Å². The predicted octanol–water partition coefficient (Wildman–Crippen LogP) is 3.84. The fourth-order valence-corrected chi connectivity index (χ4v) is 3.98. The SMILES string of the molecule is CCCC1NCC(C)[C@](C)(CC)C1C1CC1. The van der Waals surface area contributed by atoms with Crippen molar-refractivity contribution in [3.05, 3.63) is 0 Å². The van der Waals surface area contributed by atoms with E-state index in [-0.39, 0.29) is 0 Å². The average molecular weight is 223 g/mol. The first-order valence-electron chi connectivity index (χ1n) is 7.36. The molecule has 1 aliphatic heterocycles. The highest BCUT2D eigenvalue weighted by Crippen LogP contribution is 2.54. The van der Waals surface area contributed by atoms with E-state index in [9.17, 15) is 0 Å². The van der Waals surface area contributed by atoms with Crippen LogP contribution in [0.3, 0.4) is 0 Å². The van der Waals surface area contributed by atoms with Crippen molar-refractivity contribution in [2.75, 3.05) is 6.54 Å². The lowest BCUT2D eigenvalue weighted by atomic mass is 9.59. The van der Waals surface area contributed by atoms with E-state index in [1.807, 2.05) is 0 Å².